The highest BCUT2D eigenvalue weighted by molar-refractivity contribution is 5.83. The summed E-state index contributed by atoms with van der Waals surface area (Å²) in [5.41, 5.74) is 1.13. The summed E-state index contributed by atoms with van der Waals surface area (Å²) in [5, 5.41) is 19.8. The fourth-order valence-corrected chi connectivity index (χ4v) is 3.57. The lowest BCUT2D eigenvalue weighted by Gasteiger charge is -2.35. The number of rotatable bonds is 2. The zero-order valence-corrected chi connectivity index (χ0v) is 11.0. The molecule has 0 radical (unpaired) electrons. The smallest absolute Gasteiger partial charge is 0.312 e. The normalized spacial score (nSPS) is 33.5. The predicted octanol–water partition coefficient (Wildman–Crippen LogP) is 1.98. The highest BCUT2D eigenvalue weighted by Gasteiger charge is 2.45. The zero-order valence-electron chi connectivity index (χ0n) is 11.0. The fraction of sp³-hybridized carbons (Fsp3) is 0.533. The highest BCUT2D eigenvalue weighted by Crippen LogP contribution is 2.43. The van der Waals surface area contributed by atoms with Gasteiger partial charge in [-0.2, -0.15) is 0 Å². The van der Waals surface area contributed by atoms with Crippen LogP contribution in [0.15, 0.2) is 24.3 Å². The van der Waals surface area contributed by atoms with E-state index in [9.17, 15) is 15.0 Å². The van der Waals surface area contributed by atoms with E-state index >= 15 is 0 Å². The van der Waals surface area contributed by atoms with E-state index in [0.717, 1.165) is 30.5 Å². The SMILES string of the molecule is CC1(O)CCCC1N1CC(C(=O)O)c2ccccc21. The summed E-state index contributed by atoms with van der Waals surface area (Å²) in [6.45, 7) is 2.33. The van der Waals surface area contributed by atoms with Crippen molar-refractivity contribution in [3.8, 4) is 0 Å². The molecule has 19 heavy (non-hydrogen) atoms. The Balaban J connectivity index is 1.99. The Hall–Kier alpha value is -1.55. The molecule has 102 valence electrons. The standard InChI is InChI=1S/C15H19NO3/c1-15(19)8-4-7-13(15)16-9-11(14(17)18)10-5-2-3-6-12(10)16/h2-3,5-6,11,13,19H,4,7-9H2,1H3,(H,17,18). The predicted molar refractivity (Wildman–Crippen MR) is 72.4 cm³/mol. The van der Waals surface area contributed by atoms with Crippen molar-refractivity contribution in [2.24, 2.45) is 0 Å². The molecule has 1 heterocycles. The van der Waals surface area contributed by atoms with E-state index in [0.29, 0.717) is 6.54 Å². The molecule has 2 aliphatic rings. The van der Waals surface area contributed by atoms with Crippen LogP contribution in [0.1, 0.15) is 37.7 Å². The second-order valence-electron chi connectivity index (χ2n) is 5.87. The molecule has 1 aliphatic heterocycles. The molecule has 1 aliphatic carbocycles. The molecule has 1 aromatic rings. The van der Waals surface area contributed by atoms with Gasteiger partial charge in [0.05, 0.1) is 11.6 Å². The van der Waals surface area contributed by atoms with E-state index in [1.54, 1.807) is 0 Å². The lowest BCUT2D eigenvalue weighted by molar-refractivity contribution is -0.138. The minimum absolute atomic E-state index is 0.0259. The number of benzene rings is 1. The highest BCUT2D eigenvalue weighted by atomic mass is 16.4. The third-order valence-electron chi connectivity index (χ3n) is 4.55. The van der Waals surface area contributed by atoms with Crippen molar-refractivity contribution in [1.29, 1.82) is 0 Å². The molecule has 1 fully saturated rings. The summed E-state index contributed by atoms with van der Waals surface area (Å²) in [7, 11) is 0. The number of hydrogen-bond donors (Lipinski definition) is 2. The molecule has 3 atom stereocenters. The van der Waals surface area contributed by atoms with Crippen LogP contribution < -0.4 is 4.90 Å². The Kier molecular flexibility index (Phi) is 2.78. The molecule has 1 aromatic carbocycles. The van der Waals surface area contributed by atoms with Gasteiger partial charge in [-0.1, -0.05) is 18.2 Å². The van der Waals surface area contributed by atoms with Gasteiger partial charge in [-0.25, -0.2) is 0 Å². The van der Waals surface area contributed by atoms with Crippen molar-refractivity contribution >= 4 is 11.7 Å². The van der Waals surface area contributed by atoms with Gasteiger partial charge in [0.1, 0.15) is 5.92 Å². The van der Waals surface area contributed by atoms with Crippen molar-refractivity contribution in [1.82, 2.24) is 0 Å². The minimum Gasteiger partial charge on any atom is -0.481 e. The van der Waals surface area contributed by atoms with Gasteiger partial charge in [-0.05, 0) is 37.8 Å². The summed E-state index contributed by atoms with van der Waals surface area (Å²) in [5.74, 6) is -1.26. The molecule has 0 bridgehead atoms. The number of aliphatic carboxylic acids is 1. The van der Waals surface area contributed by atoms with Gasteiger partial charge < -0.3 is 15.1 Å². The number of nitrogens with zero attached hydrogens (tertiary/aromatic N) is 1. The van der Waals surface area contributed by atoms with Crippen LogP contribution in [0.2, 0.25) is 0 Å². The summed E-state index contributed by atoms with van der Waals surface area (Å²) in [6, 6.07) is 7.69. The maximum absolute atomic E-state index is 11.4. The van der Waals surface area contributed by atoms with E-state index in [2.05, 4.69) is 4.90 Å². The number of anilines is 1. The molecule has 4 nitrogen and oxygen atoms in total. The van der Waals surface area contributed by atoms with Gasteiger partial charge in [0, 0.05) is 12.2 Å². The summed E-state index contributed by atoms with van der Waals surface area (Å²) >= 11 is 0. The van der Waals surface area contributed by atoms with Crippen LogP contribution in [0.25, 0.3) is 0 Å². The van der Waals surface area contributed by atoms with Crippen LogP contribution >= 0.6 is 0 Å². The number of aliphatic hydroxyl groups is 1. The maximum atomic E-state index is 11.4. The summed E-state index contributed by atoms with van der Waals surface area (Å²) in [4.78, 5) is 13.5. The lowest BCUT2D eigenvalue weighted by Crippen LogP contribution is -2.47. The minimum atomic E-state index is -0.785. The molecular formula is C15H19NO3. The molecule has 0 spiro atoms. The average molecular weight is 261 g/mol. The van der Waals surface area contributed by atoms with Crippen molar-refractivity contribution in [2.45, 2.75) is 43.7 Å². The topological polar surface area (TPSA) is 60.8 Å². The molecule has 0 aromatic heterocycles. The Morgan fingerprint density at radius 3 is 2.79 bits per heavy atom. The maximum Gasteiger partial charge on any atom is 0.312 e. The van der Waals surface area contributed by atoms with Crippen LogP contribution in [0.3, 0.4) is 0 Å². The number of para-hydroxylation sites is 1. The quantitative estimate of drug-likeness (QED) is 0.854. The Morgan fingerprint density at radius 1 is 1.42 bits per heavy atom. The van der Waals surface area contributed by atoms with Gasteiger partial charge >= 0.3 is 5.97 Å². The Morgan fingerprint density at radius 2 is 2.16 bits per heavy atom. The monoisotopic (exact) mass is 261 g/mol. The van der Waals surface area contributed by atoms with E-state index in [1.165, 1.54) is 0 Å². The average Bonchev–Trinajstić information content (AvgIpc) is 2.89. The summed E-state index contributed by atoms with van der Waals surface area (Å²) in [6.07, 6.45) is 2.70. The van der Waals surface area contributed by atoms with Gasteiger partial charge in [0.15, 0.2) is 0 Å². The number of hydrogen-bond acceptors (Lipinski definition) is 3. The van der Waals surface area contributed by atoms with Crippen molar-refractivity contribution in [3.05, 3.63) is 29.8 Å². The largest absolute Gasteiger partial charge is 0.481 e. The number of carbonyl (C=O) groups is 1. The molecule has 3 unspecified atom stereocenters. The van der Waals surface area contributed by atoms with E-state index in [4.69, 9.17) is 0 Å². The Bertz CT molecular complexity index is 512. The second kappa shape index (κ2) is 4.23. The van der Waals surface area contributed by atoms with Gasteiger partial charge in [0.2, 0.25) is 0 Å². The first-order valence-corrected chi connectivity index (χ1v) is 6.81. The van der Waals surface area contributed by atoms with Gasteiger partial charge in [-0.15, -0.1) is 0 Å². The molecule has 0 saturated heterocycles. The molecule has 1 saturated carbocycles. The zero-order chi connectivity index (χ0) is 13.6. The van der Waals surface area contributed by atoms with Crippen LogP contribution in [-0.4, -0.2) is 34.4 Å². The molecule has 4 heteroatoms. The number of carboxylic acid groups (broad SMARTS) is 1. The first-order valence-electron chi connectivity index (χ1n) is 6.81. The molecular weight excluding hydrogens is 242 g/mol. The molecule has 2 N–H and O–H groups in total. The van der Waals surface area contributed by atoms with Crippen LogP contribution in [0, 0.1) is 0 Å². The van der Waals surface area contributed by atoms with E-state index in [1.807, 2.05) is 31.2 Å². The van der Waals surface area contributed by atoms with Crippen LogP contribution in [0.4, 0.5) is 5.69 Å². The van der Waals surface area contributed by atoms with Crippen molar-refractivity contribution < 1.29 is 15.0 Å². The third-order valence-corrected chi connectivity index (χ3v) is 4.55. The van der Waals surface area contributed by atoms with Gasteiger partial charge in [0.25, 0.3) is 0 Å². The number of carboxylic acids is 1. The van der Waals surface area contributed by atoms with Crippen LogP contribution in [0.5, 0.6) is 0 Å². The van der Waals surface area contributed by atoms with Crippen molar-refractivity contribution in [2.75, 3.05) is 11.4 Å². The molecule has 0 amide bonds. The first kappa shape index (κ1) is 12.5. The first-order chi connectivity index (χ1) is 9.00. The van der Waals surface area contributed by atoms with Gasteiger partial charge in [-0.3, -0.25) is 4.79 Å². The lowest BCUT2D eigenvalue weighted by atomic mass is 9.99. The fourth-order valence-electron chi connectivity index (χ4n) is 3.57. The number of fused-ring (bicyclic) bond motifs is 1. The van der Waals surface area contributed by atoms with E-state index < -0.39 is 17.5 Å². The van der Waals surface area contributed by atoms with E-state index in [-0.39, 0.29) is 6.04 Å². The summed E-state index contributed by atoms with van der Waals surface area (Å²) < 4.78 is 0. The Labute approximate surface area is 112 Å². The van der Waals surface area contributed by atoms with Crippen molar-refractivity contribution in [3.63, 3.8) is 0 Å². The second-order valence-corrected chi connectivity index (χ2v) is 5.87. The molecule has 3 rings (SSSR count). The van der Waals surface area contributed by atoms with Crippen LogP contribution in [-0.2, 0) is 4.79 Å². The third kappa shape index (κ3) is 1.91.